The van der Waals surface area contributed by atoms with Gasteiger partial charge in [0.2, 0.25) is 0 Å². The quantitative estimate of drug-likeness (QED) is 0.201. The maximum atomic E-state index is 12.7. The van der Waals surface area contributed by atoms with Crippen LogP contribution in [0.25, 0.3) is 22.2 Å². The van der Waals surface area contributed by atoms with Crippen molar-refractivity contribution in [3.05, 3.63) is 60.4 Å². The number of aliphatic hydroxyl groups is 1. The van der Waals surface area contributed by atoms with Crippen molar-refractivity contribution in [2.24, 2.45) is 5.73 Å². The number of nitrogens with two attached hydrogens (primary N) is 1. The van der Waals surface area contributed by atoms with Gasteiger partial charge in [0.05, 0.1) is 12.1 Å². The van der Waals surface area contributed by atoms with Crippen LogP contribution in [0.15, 0.2) is 54.7 Å². The van der Waals surface area contributed by atoms with E-state index in [1.807, 2.05) is 42.6 Å². The van der Waals surface area contributed by atoms with Gasteiger partial charge in [-0.05, 0) is 75.5 Å². The van der Waals surface area contributed by atoms with Gasteiger partial charge in [-0.1, -0.05) is 12.1 Å². The first kappa shape index (κ1) is 29.5. The molecule has 4 heterocycles. The number of hydrogen-bond donors (Lipinski definition) is 5. The summed E-state index contributed by atoms with van der Waals surface area (Å²) in [7, 11) is 2.21. The summed E-state index contributed by atoms with van der Waals surface area (Å²) >= 11 is 0. The monoisotopic (exact) mass is 609 g/mol. The number of aliphatic hydroxyl groups excluding tert-OH is 1. The second-order valence-electron chi connectivity index (χ2n) is 12.7. The predicted molar refractivity (Wildman–Crippen MR) is 179 cm³/mol. The number of amides is 1. The third-order valence-electron chi connectivity index (χ3n) is 9.79. The summed E-state index contributed by atoms with van der Waals surface area (Å²) in [4.78, 5) is 33.2. The highest BCUT2D eigenvalue weighted by atomic mass is 16.3. The number of benzene rings is 2. The highest BCUT2D eigenvalue weighted by Gasteiger charge is 2.29. The number of carbonyl (C=O) groups excluding carboxylic acids is 1. The first-order valence-corrected chi connectivity index (χ1v) is 16.2. The molecule has 1 aliphatic carbocycles. The number of nitrogens with zero attached hydrogens (tertiary/aromatic N) is 5. The lowest BCUT2D eigenvalue weighted by atomic mass is 10.0. The number of aromatic amines is 1. The van der Waals surface area contributed by atoms with Crippen molar-refractivity contribution in [1.29, 1.82) is 0 Å². The molecular weight excluding hydrogens is 566 g/mol. The molecule has 2 saturated heterocycles. The molecule has 2 aromatic heterocycles. The van der Waals surface area contributed by atoms with E-state index in [-0.39, 0.29) is 17.6 Å². The number of anilines is 4. The molecule has 1 amide bonds. The van der Waals surface area contributed by atoms with Crippen LogP contribution in [0.2, 0.25) is 0 Å². The largest absolute Gasteiger partial charge is 0.391 e. The molecule has 11 nitrogen and oxygen atoms in total. The standard InChI is InChI=1S/C34H43N9O2/c1-41-18-20-43(21-19-41)24-13-16-42(17-14-24)23-10-8-22(9-11-23)37-34-31(32(35)45)39-30(26-4-2-5-27-25(26)12-15-36-27)33(40-34)38-28-6-3-7-29(28)44/h2,4-5,8-12,15,24,28-29,36,44H,3,6-7,13-14,16-21H2,1H3,(H2,35,45)(H2,37,38,40)/t28-,29+/m1/s1. The lowest BCUT2D eigenvalue weighted by molar-refractivity contribution is 0.0982. The number of hydrogen-bond acceptors (Lipinski definition) is 9. The molecule has 0 unspecified atom stereocenters. The summed E-state index contributed by atoms with van der Waals surface area (Å²) in [6.07, 6.45) is 6.24. The first-order chi connectivity index (χ1) is 21.9. The van der Waals surface area contributed by atoms with E-state index < -0.39 is 12.0 Å². The van der Waals surface area contributed by atoms with E-state index in [9.17, 15) is 9.90 Å². The van der Waals surface area contributed by atoms with Gasteiger partial charge in [0.25, 0.3) is 5.91 Å². The van der Waals surface area contributed by atoms with Gasteiger partial charge in [-0.25, -0.2) is 9.97 Å². The molecule has 0 bridgehead atoms. The molecule has 0 spiro atoms. The highest BCUT2D eigenvalue weighted by Crippen LogP contribution is 2.35. The number of fused-ring (bicyclic) bond motifs is 1. The van der Waals surface area contributed by atoms with Crippen molar-refractivity contribution in [1.82, 2.24) is 24.8 Å². The van der Waals surface area contributed by atoms with Crippen LogP contribution in [0.1, 0.15) is 42.6 Å². The van der Waals surface area contributed by atoms with Gasteiger partial charge in [0, 0.05) is 79.3 Å². The minimum Gasteiger partial charge on any atom is -0.391 e. The smallest absolute Gasteiger partial charge is 0.271 e. The van der Waals surface area contributed by atoms with E-state index >= 15 is 0 Å². The molecule has 4 aromatic rings. The Hall–Kier alpha value is -4.19. The Labute approximate surface area is 263 Å². The number of nitrogens with one attached hydrogen (secondary N) is 3. The lowest BCUT2D eigenvalue weighted by Gasteiger charge is -2.42. The molecule has 3 aliphatic rings. The fourth-order valence-corrected chi connectivity index (χ4v) is 7.13. The third-order valence-corrected chi connectivity index (χ3v) is 9.79. The molecule has 45 heavy (non-hydrogen) atoms. The fourth-order valence-electron chi connectivity index (χ4n) is 7.13. The van der Waals surface area contributed by atoms with Crippen LogP contribution in [0.3, 0.4) is 0 Å². The molecular formula is C34H43N9O2. The number of primary amides is 1. The van der Waals surface area contributed by atoms with Crippen molar-refractivity contribution >= 4 is 39.8 Å². The van der Waals surface area contributed by atoms with Gasteiger partial charge in [0.15, 0.2) is 17.3 Å². The van der Waals surface area contributed by atoms with Gasteiger partial charge in [-0.2, -0.15) is 0 Å². The van der Waals surface area contributed by atoms with Crippen molar-refractivity contribution in [2.75, 3.05) is 61.8 Å². The summed E-state index contributed by atoms with van der Waals surface area (Å²) in [5.74, 6) is 0.116. The Balaban J connectivity index is 1.13. The number of rotatable bonds is 8. The average Bonchev–Trinajstić information content (AvgIpc) is 3.71. The molecule has 2 aromatic carbocycles. The van der Waals surface area contributed by atoms with Gasteiger partial charge >= 0.3 is 0 Å². The average molecular weight is 610 g/mol. The van der Waals surface area contributed by atoms with Crippen LogP contribution in [0, 0.1) is 0 Å². The van der Waals surface area contributed by atoms with E-state index in [0.717, 1.165) is 67.6 Å². The third kappa shape index (κ3) is 6.20. The van der Waals surface area contributed by atoms with Gasteiger partial charge < -0.3 is 36.3 Å². The van der Waals surface area contributed by atoms with E-state index in [0.29, 0.717) is 17.6 Å². The first-order valence-electron chi connectivity index (χ1n) is 16.2. The Morgan fingerprint density at radius 2 is 1.71 bits per heavy atom. The highest BCUT2D eigenvalue weighted by molar-refractivity contribution is 6.00. The Morgan fingerprint density at radius 1 is 0.933 bits per heavy atom. The molecule has 7 rings (SSSR count). The van der Waals surface area contributed by atoms with Gasteiger partial charge in [0.1, 0.15) is 5.69 Å². The van der Waals surface area contributed by atoms with Crippen LogP contribution < -0.4 is 21.3 Å². The number of likely N-dealkylation sites (N-methyl/N-ethyl adjacent to an activating group) is 1. The van der Waals surface area contributed by atoms with Crippen LogP contribution in [-0.4, -0.2) is 100 Å². The summed E-state index contributed by atoms with van der Waals surface area (Å²) in [6, 6.07) is 16.6. The molecule has 2 aliphatic heterocycles. The molecule has 236 valence electrons. The van der Waals surface area contributed by atoms with Crippen molar-refractivity contribution in [3.63, 3.8) is 0 Å². The molecule has 3 fully saturated rings. The topological polar surface area (TPSA) is 139 Å². The maximum Gasteiger partial charge on any atom is 0.271 e. The van der Waals surface area contributed by atoms with Crippen LogP contribution in [0.5, 0.6) is 0 Å². The van der Waals surface area contributed by atoms with E-state index in [4.69, 9.17) is 15.7 Å². The van der Waals surface area contributed by atoms with Gasteiger partial charge in [-0.3, -0.25) is 9.69 Å². The number of piperidine rings is 1. The van der Waals surface area contributed by atoms with Crippen molar-refractivity contribution < 1.29 is 9.90 Å². The molecule has 1 saturated carbocycles. The summed E-state index contributed by atoms with van der Waals surface area (Å²) < 4.78 is 0. The molecule has 11 heteroatoms. The van der Waals surface area contributed by atoms with Crippen molar-refractivity contribution in [2.45, 2.75) is 50.3 Å². The fraction of sp³-hybridized carbons (Fsp3) is 0.441. The number of carbonyl (C=O) groups is 1. The zero-order chi connectivity index (χ0) is 30.9. The normalized spacial score (nSPS) is 21.8. The second kappa shape index (κ2) is 12.7. The van der Waals surface area contributed by atoms with Crippen LogP contribution >= 0.6 is 0 Å². The number of H-pyrrole nitrogens is 1. The Kier molecular flexibility index (Phi) is 8.31. The minimum absolute atomic E-state index is 0.0603. The Morgan fingerprint density at radius 3 is 2.42 bits per heavy atom. The number of piperazine rings is 1. The SMILES string of the molecule is CN1CCN(C2CCN(c3ccc(Nc4nc(N[C@@H]5CCC[C@@H]5O)c(-c5cccc6[nH]ccc56)nc4C(N)=O)cc3)CC2)CC1. The summed E-state index contributed by atoms with van der Waals surface area (Å²) in [5.41, 5.74) is 10.2. The summed E-state index contributed by atoms with van der Waals surface area (Å²) in [5, 5.41) is 18.3. The second-order valence-corrected chi connectivity index (χ2v) is 12.7. The zero-order valence-electron chi connectivity index (χ0n) is 25.9. The van der Waals surface area contributed by atoms with E-state index in [2.05, 4.69) is 49.5 Å². The predicted octanol–water partition coefficient (Wildman–Crippen LogP) is 4.01. The van der Waals surface area contributed by atoms with Crippen LogP contribution in [-0.2, 0) is 0 Å². The lowest BCUT2D eigenvalue weighted by Crippen LogP contribution is -2.52. The Bertz CT molecular complexity index is 1640. The van der Waals surface area contributed by atoms with Gasteiger partial charge in [-0.15, -0.1) is 0 Å². The zero-order valence-corrected chi connectivity index (χ0v) is 25.9. The number of aromatic nitrogens is 3. The van der Waals surface area contributed by atoms with Crippen LogP contribution in [0.4, 0.5) is 23.0 Å². The molecule has 6 N–H and O–H groups in total. The molecule has 2 atom stereocenters. The summed E-state index contributed by atoms with van der Waals surface area (Å²) in [6.45, 7) is 6.72. The maximum absolute atomic E-state index is 12.7. The van der Waals surface area contributed by atoms with Crippen molar-refractivity contribution in [3.8, 4) is 11.3 Å². The van der Waals surface area contributed by atoms with E-state index in [1.54, 1.807) is 0 Å². The van der Waals surface area contributed by atoms with E-state index in [1.165, 1.54) is 31.6 Å². The minimum atomic E-state index is -0.667. The molecule has 0 radical (unpaired) electrons.